The Morgan fingerprint density at radius 2 is 1.92 bits per heavy atom. The summed E-state index contributed by atoms with van der Waals surface area (Å²) in [7, 11) is -3.07. The number of piperazine rings is 1. The van der Waals surface area contributed by atoms with Crippen LogP contribution in [0.2, 0.25) is 0 Å². The van der Waals surface area contributed by atoms with Crippen molar-refractivity contribution in [3.05, 3.63) is 35.4 Å². The van der Waals surface area contributed by atoms with Gasteiger partial charge in [-0.1, -0.05) is 31.2 Å². The maximum absolute atomic E-state index is 11.9. The van der Waals surface area contributed by atoms with Gasteiger partial charge in [-0.15, -0.1) is 12.4 Å². The van der Waals surface area contributed by atoms with E-state index in [-0.39, 0.29) is 12.4 Å². The Balaban J connectivity index is 0.00000243. The van der Waals surface area contributed by atoms with Crippen LogP contribution in [0.3, 0.4) is 0 Å². The molecule has 2 unspecified atom stereocenters. The molecule has 2 heterocycles. The van der Waals surface area contributed by atoms with E-state index in [9.17, 15) is 8.42 Å². The first-order valence-corrected chi connectivity index (χ1v) is 11.3. The average Bonchev–Trinajstić information content (AvgIpc) is 2.62. The number of nitrogens with one attached hydrogen (secondary N) is 1. The number of piperidine rings is 1. The second-order valence-corrected chi connectivity index (χ2v) is 9.42. The fraction of sp³-hybridized carbons (Fsp3) is 0.684. The molecule has 1 aromatic carbocycles. The van der Waals surface area contributed by atoms with Gasteiger partial charge in [0.25, 0.3) is 0 Å². The summed E-state index contributed by atoms with van der Waals surface area (Å²) in [5.41, 5.74) is 2.73. The Morgan fingerprint density at radius 3 is 2.58 bits per heavy atom. The van der Waals surface area contributed by atoms with E-state index in [0.717, 1.165) is 45.4 Å². The smallest absolute Gasteiger partial charge is 0.211 e. The van der Waals surface area contributed by atoms with E-state index in [1.807, 2.05) is 0 Å². The van der Waals surface area contributed by atoms with Crippen LogP contribution in [0.25, 0.3) is 0 Å². The minimum atomic E-state index is -3.07. The first-order chi connectivity index (χ1) is 12.0. The van der Waals surface area contributed by atoms with E-state index in [4.69, 9.17) is 0 Å². The zero-order valence-electron chi connectivity index (χ0n) is 15.9. The topological polar surface area (TPSA) is 52.6 Å². The van der Waals surface area contributed by atoms with Gasteiger partial charge < -0.3 is 5.32 Å². The summed E-state index contributed by atoms with van der Waals surface area (Å²) >= 11 is 0. The molecule has 0 amide bonds. The zero-order valence-corrected chi connectivity index (χ0v) is 17.5. The normalized spacial score (nSPS) is 25.6. The Bertz CT molecular complexity index is 666. The molecule has 2 atom stereocenters. The summed E-state index contributed by atoms with van der Waals surface area (Å²) in [4.78, 5) is 2.55. The molecule has 0 aromatic heterocycles. The van der Waals surface area contributed by atoms with Crippen LogP contribution >= 0.6 is 12.4 Å². The SMILES string of the molecule is CCc1ccc(C2CNCCN2CC2CCCN(S(C)(=O)=O)C2)cc1.Cl. The number of rotatable bonds is 5. The molecule has 3 rings (SSSR count). The van der Waals surface area contributed by atoms with Gasteiger partial charge in [0.2, 0.25) is 10.0 Å². The quantitative estimate of drug-likeness (QED) is 0.822. The van der Waals surface area contributed by atoms with E-state index < -0.39 is 10.0 Å². The third kappa shape index (κ3) is 5.42. The van der Waals surface area contributed by atoms with Crippen molar-refractivity contribution in [3.63, 3.8) is 0 Å². The lowest BCUT2D eigenvalue weighted by atomic mass is 9.95. The average molecular weight is 402 g/mol. The van der Waals surface area contributed by atoms with Crippen LogP contribution in [0.1, 0.15) is 36.9 Å². The molecule has 0 saturated carbocycles. The lowest BCUT2D eigenvalue weighted by molar-refractivity contribution is 0.115. The molecule has 0 bridgehead atoms. The van der Waals surface area contributed by atoms with Gasteiger partial charge in [-0.3, -0.25) is 4.90 Å². The lowest BCUT2D eigenvalue weighted by Gasteiger charge is -2.40. The van der Waals surface area contributed by atoms with Gasteiger partial charge in [0, 0.05) is 45.3 Å². The van der Waals surface area contributed by atoms with Crippen molar-refractivity contribution in [2.75, 3.05) is 45.5 Å². The van der Waals surface area contributed by atoms with Crippen molar-refractivity contribution in [1.82, 2.24) is 14.5 Å². The maximum atomic E-state index is 11.9. The summed E-state index contributed by atoms with van der Waals surface area (Å²) < 4.78 is 25.4. The third-order valence-electron chi connectivity index (χ3n) is 5.57. The Hall–Kier alpha value is -0.660. The van der Waals surface area contributed by atoms with Crippen molar-refractivity contribution < 1.29 is 8.42 Å². The predicted molar refractivity (Wildman–Crippen MR) is 109 cm³/mol. The first-order valence-electron chi connectivity index (χ1n) is 9.46. The summed E-state index contributed by atoms with van der Waals surface area (Å²) in [5.74, 6) is 0.430. The number of sulfonamides is 1. The highest BCUT2D eigenvalue weighted by Crippen LogP contribution is 2.27. The van der Waals surface area contributed by atoms with Gasteiger partial charge in [-0.2, -0.15) is 0 Å². The fourth-order valence-corrected chi connectivity index (χ4v) is 5.02. The van der Waals surface area contributed by atoms with E-state index >= 15 is 0 Å². The maximum Gasteiger partial charge on any atom is 0.211 e. The third-order valence-corrected chi connectivity index (χ3v) is 6.84. The van der Waals surface area contributed by atoms with Gasteiger partial charge in [0.1, 0.15) is 0 Å². The molecule has 2 saturated heterocycles. The van der Waals surface area contributed by atoms with Crippen LogP contribution in [-0.4, -0.2) is 63.1 Å². The summed E-state index contributed by atoms with van der Waals surface area (Å²) in [6.07, 6.45) is 4.49. The van der Waals surface area contributed by atoms with Crippen molar-refractivity contribution in [2.45, 2.75) is 32.2 Å². The second kappa shape index (κ2) is 9.51. The minimum Gasteiger partial charge on any atom is -0.314 e. The number of hydrogen-bond donors (Lipinski definition) is 1. The number of nitrogens with zero attached hydrogens (tertiary/aromatic N) is 2. The minimum absolute atomic E-state index is 0. The summed E-state index contributed by atoms with van der Waals surface area (Å²) in [5, 5.41) is 3.51. The van der Waals surface area contributed by atoms with Crippen LogP contribution in [-0.2, 0) is 16.4 Å². The molecule has 0 aliphatic carbocycles. The Morgan fingerprint density at radius 1 is 1.19 bits per heavy atom. The molecule has 0 spiro atoms. The Kier molecular flexibility index (Phi) is 7.91. The highest BCUT2D eigenvalue weighted by atomic mass is 35.5. The second-order valence-electron chi connectivity index (χ2n) is 7.44. The number of hydrogen-bond acceptors (Lipinski definition) is 4. The molecule has 0 radical (unpaired) electrons. The number of benzene rings is 1. The van der Waals surface area contributed by atoms with Crippen LogP contribution < -0.4 is 5.32 Å². The van der Waals surface area contributed by atoms with Crippen molar-refractivity contribution in [1.29, 1.82) is 0 Å². The molecule has 2 aliphatic heterocycles. The van der Waals surface area contributed by atoms with Crippen LogP contribution in [0.4, 0.5) is 0 Å². The van der Waals surface area contributed by atoms with E-state index in [2.05, 4.69) is 41.4 Å². The highest BCUT2D eigenvalue weighted by Gasteiger charge is 2.30. The van der Waals surface area contributed by atoms with Gasteiger partial charge in [0.15, 0.2) is 0 Å². The first kappa shape index (κ1) is 21.6. The number of aryl methyl sites for hydroxylation is 1. The van der Waals surface area contributed by atoms with Crippen LogP contribution in [0.5, 0.6) is 0 Å². The number of halogens is 1. The molecule has 1 aromatic rings. The van der Waals surface area contributed by atoms with Crippen molar-refractivity contribution >= 4 is 22.4 Å². The molecule has 1 N–H and O–H groups in total. The molecule has 2 aliphatic rings. The molecule has 26 heavy (non-hydrogen) atoms. The monoisotopic (exact) mass is 401 g/mol. The zero-order chi connectivity index (χ0) is 17.9. The molecular formula is C19H32ClN3O2S. The van der Waals surface area contributed by atoms with E-state index in [0.29, 0.717) is 25.0 Å². The van der Waals surface area contributed by atoms with Crippen molar-refractivity contribution in [3.8, 4) is 0 Å². The summed E-state index contributed by atoms with van der Waals surface area (Å²) in [6, 6.07) is 9.36. The summed E-state index contributed by atoms with van der Waals surface area (Å²) in [6.45, 7) is 7.51. The van der Waals surface area contributed by atoms with Crippen LogP contribution in [0, 0.1) is 5.92 Å². The fourth-order valence-electron chi connectivity index (χ4n) is 4.08. The highest BCUT2D eigenvalue weighted by molar-refractivity contribution is 7.88. The van der Waals surface area contributed by atoms with Gasteiger partial charge in [-0.25, -0.2) is 12.7 Å². The van der Waals surface area contributed by atoms with Crippen molar-refractivity contribution in [2.24, 2.45) is 5.92 Å². The van der Waals surface area contributed by atoms with E-state index in [1.165, 1.54) is 17.4 Å². The molecule has 148 valence electrons. The Labute approximate surface area is 164 Å². The molecule has 7 heteroatoms. The predicted octanol–water partition coefficient (Wildman–Crippen LogP) is 2.29. The molecule has 5 nitrogen and oxygen atoms in total. The van der Waals surface area contributed by atoms with Gasteiger partial charge >= 0.3 is 0 Å². The van der Waals surface area contributed by atoms with Crippen LogP contribution in [0.15, 0.2) is 24.3 Å². The molecule has 2 fully saturated rings. The van der Waals surface area contributed by atoms with Gasteiger partial charge in [-0.05, 0) is 36.3 Å². The van der Waals surface area contributed by atoms with E-state index in [1.54, 1.807) is 4.31 Å². The largest absolute Gasteiger partial charge is 0.314 e. The standard InChI is InChI=1S/C19H31N3O2S.ClH/c1-3-16-6-8-18(9-7-16)19-13-20-10-12-21(19)14-17-5-4-11-22(15-17)25(2,23)24;/h6-9,17,19-20H,3-5,10-15H2,1-2H3;1H. The van der Waals surface area contributed by atoms with Gasteiger partial charge in [0.05, 0.1) is 6.26 Å². The molecular weight excluding hydrogens is 370 g/mol. The lowest BCUT2D eigenvalue weighted by Crippen LogP contribution is -2.50.